The van der Waals surface area contributed by atoms with Crippen LogP contribution in [-0.2, 0) is 4.79 Å². The van der Waals surface area contributed by atoms with E-state index in [0.717, 1.165) is 0 Å². The van der Waals surface area contributed by atoms with Crippen molar-refractivity contribution in [2.75, 3.05) is 18.4 Å². The van der Waals surface area contributed by atoms with Gasteiger partial charge in [-0.15, -0.1) is 6.58 Å². The van der Waals surface area contributed by atoms with Gasteiger partial charge in [0.2, 0.25) is 5.91 Å². The highest BCUT2D eigenvalue weighted by Crippen LogP contribution is 2.10. The fourth-order valence-electron chi connectivity index (χ4n) is 1.31. The lowest BCUT2D eigenvalue weighted by molar-refractivity contribution is -0.115. The number of hydrogen-bond donors (Lipinski definition) is 2. The first-order valence-corrected chi connectivity index (χ1v) is 5.36. The number of carbonyl (C=O) groups is 2. The second kappa shape index (κ2) is 6.60. The molecule has 0 radical (unpaired) electrons. The molecule has 0 unspecified atom stereocenters. The van der Waals surface area contributed by atoms with E-state index in [1.54, 1.807) is 30.3 Å². The highest BCUT2D eigenvalue weighted by Gasteiger charge is 2.03. The predicted octanol–water partition coefficient (Wildman–Crippen LogP) is 1.60. The van der Waals surface area contributed by atoms with Crippen LogP contribution in [0.3, 0.4) is 0 Å². The van der Waals surface area contributed by atoms with E-state index in [1.807, 2.05) is 0 Å². The van der Waals surface area contributed by atoms with Gasteiger partial charge in [-0.1, -0.05) is 18.2 Å². The lowest BCUT2D eigenvalue weighted by atomic mass is 10.1. The first kappa shape index (κ1) is 13.1. The summed E-state index contributed by atoms with van der Waals surface area (Å²) in [6.45, 7) is 5.84. The number of benzene rings is 1. The van der Waals surface area contributed by atoms with Gasteiger partial charge >= 0.3 is 0 Å². The molecule has 0 aliphatic carbocycles. The summed E-state index contributed by atoms with van der Waals surface area (Å²) in [6.07, 6.45) is 1.68. The lowest BCUT2D eigenvalue weighted by Gasteiger charge is -2.06. The van der Waals surface area contributed by atoms with Gasteiger partial charge in [0, 0.05) is 17.8 Å². The standard InChI is InChI=1S/C13H16N2O2/c1-3-7-14-9-13(17)15-12-6-4-5-11(8-12)10(2)16/h3-6,8,14H,1,7,9H2,2H3,(H,15,17). The van der Waals surface area contributed by atoms with E-state index in [2.05, 4.69) is 17.2 Å². The van der Waals surface area contributed by atoms with E-state index in [1.165, 1.54) is 6.92 Å². The summed E-state index contributed by atoms with van der Waals surface area (Å²) in [5.74, 6) is -0.168. The number of hydrogen-bond acceptors (Lipinski definition) is 3. The first-order valence-electron chi connectivity index (χ1n) is 5.36. The molecule has 0 aromatic heterocycles. The molecule has 0 heterocycles. The van der Waals surface area contributed by atoms with Crippen LogP contribution in [0.2, 0.25) is 0 Å². The third-order valence-electron chi connectivity index (χ3n) is 2.13. The van der Waals surface area contributed by atoms with Gasteiger partial charge in [0.15, 0.2) is 5.78 Å². The van der Waals surface area contributed by atoms with Crippen molar-refractivity contribution in [1.82, 2.24) is 5.32 Å². The first-order chi connectivity index (χ1) is 8.13. The van der Waals surface area contributed by atoms with E-state index < -0.39 is 0 Å². The van der Waals surface area contributed by atoms with Crippen molar-refractivity contribution >= 4 is 17.4 Å². The number of carbonyl (C=O) groups excluding carboxylic acids is 2. The lowest BCUT2D eigenvalue weighted by Crippen LogP contribution is -2.28. The predicted molar refractivity (Wildman–Crippen MR) is 68.1 cm³/mol. The zero-order valence-electron chi connectivity index (χ0n) is 9.82. The van der Waals surface area contributed by atoms with Gasteiger partial charge in [0.25, 0.3) is 0 Å². The molecule has 4 heteroatoms. The zero-order chi connectivity index (χ0) is 12.7. The quantitative estimate of drug-likeness (QED) is 0.445. The monoisotopic (exact) mass is 232 g/mol. The molecular formula is C13H16N2O2. The Bertz CT molecular complexity index is 427. The molecule has 0 fully saturated rings. The molecule has 17 heavy (non-hydrogen) atoms. The van der Waals surface area contributed by atoms with E-state index in [9.17, 15) is 9.59 Å². The number of rotatable bonds is 6. The molecule has 1 aromatic rings. The number of Topliss-reactive ketones (excluding diaryl/α,β-unsaturated/α-hetero) is 1. The summed E-state index contributed by atoms with van der Waals surface area (Å²) < 4.78 is 0. The molecule has 0 saturated carbocycles. The molecule has 0 aliphatic heterocycles. The van der Waals surface area contributed by atoms with Crippen LogP contribution in [0.1, 0.15) is 17.3 Å². The Labute approximate surface area is 101 Å². The highest BCUT2D eigenvalue weighted by atomic mass is 16.2. The van der Waals surface area contributed by atoms with Gasteiger partial charge in [0.05, 0.1) is 6.54 Å². The minimum atomic E-state index is -0.146. The van der Waals surface area contributed by atoms with Gasteiger partial charge in [-0.05, 0) is 19.1 Å². The molecule has 0 aliphatic rings. The SMILES string of the molecule is C=CCNCC(=O)Nc1cccc(C(C)=O)c1. The van der Waals surface area contributed by atoms with E-state index >= 15 is 0 Å². The Morgan fingerprint density at radius 2 is 2.18 bits per heavy atom. The fraction of sp³-hybridized carbons (Fsp3) is 0.231. The van der Waals surface area contributed by atoms with E-state index in [-0.39, 0.29) is 18.2 Å². The van der Waals surface area contributed by atoms with Gasteiger partial charge in [-0.2, -0.15) is 0 Å². The molecule has 90 valence electrons. The molecule has 0 bridgehead atoms. The van der Waals surface area contributed by atoms with Crippen molar-refractivity contribution in [2.45, 2.75) is 6.92 Å². The molecule has 1 rings (SSSR count). The molecule has 4 nitrogen and oxygen atoms in total. The Morgan fingerprint density at radius 1 is 1.41 bits per heavy atom. The normalized spacial score (nSPS) is 9.71. The average molecular weight is 232 g/mol. The Kier molecular flexibility index (Phi) is 5.10. The Hall–Kier alpha value is -1.94. The van der Waals surface area contributed by atoms with Gasteiger partial charge in [-0.25, -0.2) is 0 Å². The summed E-state index contributed by atoms with van der Waals surface area (Å²) in [5, 5.41) is 5.60. The summed E-state index contributed by atoms with van der Waals surface area (Å²) in [4.78, 5) is 22.6. The highest BCUT2D eigenvalue weighted by molar-refractivity contribution is 5.97. The minimum Gasteiger partial charge on any atom is -0.325 e. The van der Waals surface area contributed by atoms with Crippen molar-refractivity contribution in [2.24, 2.45) is 0 Å². The maximum Gasteiger partial charge on any atom is 0.238 e. The molecule has 1 aromatic carbocycles. The van der Waals surface area contributed by atoms with Gasteiger partial charge < -0.3 is 10.6 Å². The number of anilines is 1. The number of amides is 1. The van der Waals surface area contributed by atoms with Crippen LogP contribution in [0, 0.1) is 0 Å². The van der Waals surface area contributed by atoms with Crippen molar-refractivity contribution in [3.05, 3.63) is 42.5 Å². The molecular weight excluding hydrogens is 216 g/mol. The van der Waals surface area contributed by atoms with Crippen molar-refractivity contribution in [1.29, 1.82) is 0 Å². The van der Waals surface area contributed by atoms with Crippen molar-refractivity contribution < 1.29 is 9.59 Å². The Morgan fingerprint density at radius 3 is 2.82 bits per heavy atom. The zero-order valence-corrected chi connectivity index (χ0v) is 9.82. The molecule has 0 atom stereocenters. The van der Waals surface area contributed by atoms with Crippen LogP contribution < -0.4 is 10.6 Å². The fourth-order valence-corrected chi connectivity index (χ4v) is 1.31. The maximum atomic E-state index is 11.5. The topological polar surface area (TPSA) is 58.2 Å². The number of nitrogens with one attached hydrogen (secondary N) is 2. The third-order valence-corrected chi connectivity index (χ3v) is 2.13. The van der Waals surface area contributed by atoms with E-state index in [4.69, 9.17) is 0 Å². The van der Waals surface area contributed by atoms with E-state index in [0.29, 0.717) is 17.8 Å². The third kappa shape index (κ3) is 4.61. The summed E-state index contributed by atoms with van der Waals surface area (Å²) in [5.41, 5.74) is 1.21. The molecule has 2 N–H and O–H groups in total. The largest absolute Gasteiger partial charge is 0.325 e. The molecule has 1 amide bonds. The summed E-state index contributed by atoms with van der Waals surface area (Å²) in [6, 6.07) is 6.86. The smallest absolute Gasteiger partial charge is 0.238 e. The number of ketones is 1. The van der Waals surface area contributed by atoms with Crippen LogP contribution in [0.25, 0.3) is 0 Å². The second-order valence-electron chi connectivity index (χ2n) is 3.60. The van der Waals surface area contributed by atoms with Crippen LogP contribution in [0.5, 0.6) is 0 Å². The van der Waals surface area contributed by atoms with Crippen molar-refractivity contribution in [3.8, 4) is 0 Å². The maximum absolute atomic E-state index is 11.5. The van der Waals surface area contributed by atoms with Crippen LogP contribution in [-0.4, -0.2) is 24.8 Å². The van der Waals surface area contributed by atoms with Gasteiger partial charge in [-0.3, -0.25) is 9.59 Å². The van der Waals surface area contributed by atoms with Gasteiger partial charge in [0.1, 0.15) is 0 Å². The second-order valence-corrected chi connectivity index (χ2v) is 3.60. The average Bonchev–Trinajstić information content (AvgIpc) is 2.29. The van der Waals surface area contributed by atoms with Crippen LogP contribution in [0.4, 0.5) is 5.69 Å². The van der Waals surface area contributed by atoms with Crippen molar-refractivity contribution in [3.63, 3.8) is 0 Å². The minimum absolute atomic E-state index is 0.0223. The molecule has 0 spiro atoms. The Balaban J connectivity index is 2.56. The summed E-state index contributed by atoms with van der Waals surface area (Å²) in [7, 11) is 0. The molecule has 0 saturated heterocycles. The summed E-state index contributed by atoms with van der Waals surface area (Å²) >= 11 is 0. The van der Waals surface area contributed by atoms with Crippen LogP contribution in [0.15, 0.2) is 36.9 Å². The van der Waals surface area contributed by atoms with Crippen LogP contribution >= 0.6 is 0 Å².